The number of aromatic nitrogens is 2. The van der Waals surface area contributed by atoms with E-state index in [0.717, 1.165) is 0 Å². The summed E-state index contributed by atoms with van der Waals surface area (Å²) >= 11 is 0. The van der Waals surface area contributed by atoms with Crippen LogP contribution in [-0.4, -0.2) is 29.2 Å². The molecular formula is C8H10N4O. The molecule has 0 spiro atoms. The van der Waals surface area contributed by atoms with Crippen molar-refractivity contribution in [1.82, 2.24) is 15.1 Å². The second-order valence-electron chi connectivity index (χ2n) is 2.74. The molecule has 0 bridgehead atoms. The SMILES string of the molecule is Cc1nnc(/C(C#N)=C/N(C)C)o1. The summed E-state index contributed by atoms with van der Waals surface area (Å²) in [7, 11) is 3.64. The van der Waals surface area contributed by atoms with Crippen LogP contribution < -0.4 is 0 Å². The second-order valence-corrected chi connectivity index (χ2v) is 2.74. The molecule has 1 rings (SSSR count). The smallest absolute Gasteiger partial charge is 0.259 e. The lowest BCUT2D eigenvalue weighted by molar-refractivity contribution is 0.503. The van der Waals surface area contributed by atoms with Crippen molar-refractivity contribution in [1.29, 1.82) is 5.26 Å². The van der Waals surface area contributed by atoms with Gasteiger partial charge in [-0.1, -0.05) is 0 Å². The molecule has 68 valence electrons. The Kier molecular flexibility index (Phi) is 2.65. The van der Waals surface area contributed by atoms with Crippen molar-refractivity contribution in [3.8, 4) is 6.07 Å². The Morgan fingerprint density at radius 1 is 1.54 bits per heavy atom. The van der Waals surface area contributed by atoms with Crippen LogP contribution in [0.2, 0.25) is 0 Å². The van der Waals surface area contributed by atoms with Crippen LogP contribution in [0.4, 0.5) is 0 Å². The van der Waals surface area contributed by atoms with Crippen LogP contribution in [0.15, 0.2) is 10.6 Å². The van der Waals surface area contributed by atoms with E-state index >= 15 is 0 Å². The van der Waals surface area contributed by atoms with Crippen molar-refractivity contribution in [2.75, 3.05) is 14.1 Å². The highest BCUT2D eigenvalue weighted by atomic mass is 16.4. The Hall–Kier alpha value is -1.83. The number of nitriles is 1. The van der Waals surface area contributed by atoms with Crippen LogP contribution in [0.3, 0.4) is 0 Å². The molecule has 0 atom stereocenters. The Labute approximate surface area is 76.3 Å². The topological polar surface area (TPSA) is 66.0 Å². The summed E-state index contributed by atoms with van der Waals surface area (Å²) in [5.41, 5.74) is 0.366. The molecule has 0 aliphatic heterocycles. The summed E-state index contributed by atoms with van der Waals surface area (Å²) in [6.07, 6.45) is 1.63. The van der Waals surface area contributed by atoms with Gasteiger partial charge in [0.2, 0.25) is 5.89 Å². The fraction of sp³-hybridized carbons (Fsp3) is 0.375. The number of rotatable bonds is 2. The van der Waals surface area contributed by atoms with Crippen molar-refractivity contribution >= 4 is 5.57 Å². The zero-order chi connectivity index (χ0) is 9.84. The maximum atomic E-state index is 8.76. The molecule has 13 heavy (non-hydrogen) atoms. The average molecular weight is 178 g/mol. The van der Waals surface area contributed by atoms with Crippen LogP contribution in [0.5, 0.6) is 0 Å². The summed E-state index contributed by atoms with van der Waals surface area (Å²) in [4.78, 5) is 1.75. The van der Waals surface area contributed by atoms with Crippen molar-refractivity contribution in [3.63, 3.8) is 0 Å². The van der Waals surface area contributed by atoms with E-state index in [4.69, 9.17) is 9.68 Å². The zero-order valence-corrected chi connectivity index (χ0v) is 7.77. The predicted octanol–water partition coefficient (Wildman–Crippen LogP) is 0.804. The van der Waals surface area contributed by atoms with Crippen LogP contribution in [0.25, 0.3) is 5.57 Å². The third-order valence-corrected chi connectivity index (χ3v) is 1.26. The molecule has 1 heterocycles. The maximum Gasteiger partial charge on any atom is 0.259 e. The molecule has 1 aromatic rings. The molecule has 0 saturated heterocycles. The molecule has 0 N–H and O–H groups in total. The lowest BCUT2D eigenvalue weighted by Crippen LogP contribution is -2.02. The first-order chi connectivity index (χ1) is 6.13. The lowest BCUT2D eigenvalue weighted by Gasteiger charge is -2.03. The molecule has 0 fully saturated rings. The van der Waals surface area contributed by atoms with Gasteiger partial charge in [0.25, 0.3) is 5.89 Å². The fourth-order valence-corrected chi connectivity index (χ4v) is 0.796. The standard InChI is InChI=1S/C8H10N4O/c1-6-10-11-8(13-6)7(4-9)5-12(2)3/h5H,1-3H3/b7-5+. The number of nitrogens with zero attached hydrogens (tertiary/aromatic N) is 4. The third kappa shape index (κ3) is 2.30. The van der Waals surface area contributed by atoms with Crippen molar-refractivity contribution in [2.24, 2.45) is 0 Å². The highest BCUT2D eigenvalue weighted by Gasteiger charge is 2.08. The quantitative estimate of drug-likeness (QED) is 0.627. The van der Waals surface area contributed by atoms with Gasteiger partial charge in [-0.15, -0.1) is 10.2 Å². The first kappa shape index (κ1) is 9.26. The summed E-state index contributed by atoms with van der Waals surface area (Å²) in [6.45, 7) is 1.68. The highest BCUT2D eigenvalue weighted by molar-refractivity contribution is 5.70. The van der Waals surface area contributed by atoms with Crippen molar-refractivity contribution in [2.45, 2.75) is 6.92 Å². The van der Waals surface area contributed by atoms with Crippen molar-refractivity contribution < 1.29 is 4.42 Å². The lowest BCUT2D eigenvalue weighted by atomic mass is 10.3. The van der Waals surface area contributed by atoms with E-state index in [9.17, 15) is 0 Å². The van der Waals surface area contributed by atoms with E-state index < -0.39 is 0 Å². The van der Waals surface area contributed by atoms with Gasteiger partial charge in [-0.25, -0.2) is 0 Å². The van der Waals surface area contributed by atoms with Crippen LogP contribution in [-0.2, 0) is 0 Å². The number of aryl methyl sites for hydroxylation is 1. The highest BCUT2D eigenvalue weighted by Crippen LogP contribution is 2.11. The molecule has 0 saturated carbocycles. The predicted molar refractivity (Wildman–Crippen MR) is 46.3 cm³/mol. The average Bonchev–Trinajstić information content (AvgIpc) is 2.47. The molecule has 1 aromatic heterocycles. The molecule has 0 aromatic carbocycles. The molecular weight excluding hydrogens is 168 g/mol. The monoisotopic (exact) mass is 178 g/mol. The number of hydrogen-bond acceptors (Lipinski definition) is 5. The third-order valence-electron chi connectivity index (χ3n) is 1.26. The summed E-state index contributed by atoms with van der Waals surface area (Å²) in [5.74, 6) is 0.712. The van der Waals surface area contributed by atoms with Gasteiger partial charge in [-0.2, -0.15) is 5.26 Å². The van der Waals surface area contributed by atoms with Gasteiger partial charge in [0.1, 0.15) is 11.6 Å². The molecule has 0 unspecified atom stereocenters. The summed E-state index contributed by atoms with van der Waals surface area (Å²) in [5, 5.41) is 16.1. The number of hydrogen-bond donors (Lipinski definition) is 0. The van der Waals surface area contributed by atoms with Gasteiger partial charge in [0.15, 0.2) is 0 Å². The minimum atomic E-state index is 0.258. The molecule has 0 amide bonds. The maximum absolute atomic E-state index is 8.76. The number of allylic oxidation sites excluding steroid dienone is 1. The molecule has 5 nitrogen and oxygen atoms in total. The van der Waals surface area contributed by atoms with E-state index in [1.807, 2.05) is 20.2 Å². The Morgan fingerprint density at radius 3 is 2.62 bits per heavy atom. The summed E-state index contributed by atoms with van der Waals surface area (Å²) in [6, 6.07) is 1.99. The normalized spacial score (nSPS) is 11.1. The van der Waals surface area contributed by atoms with Gasteiger partial charge in [0, 0.05) is 27.2 Å². The largest absolute Gasteiger partial charge is 0.420 e. The van der Waals surface area contributed by atoms with Crippen LogP contribution >= 0.6 is 0 Å². The Balaban J connectivity index is 2.99. The summed E-state index contributed by atoms with van der Waals surface area (Å²) < 4.78 is 5.10. The first-order valence-electron chi connectivity index (χ1n) is 3.72. The molecule has 0 aliphatic carbocycles. The second kappa shape index (κ2) is 3.72. The fourth-order valence-electron chi connectivity index (χ4n) is 0.796. The molecule has 5 heteroatoms. The van der Waals surface area contributed by atoms with Crippen LogP contribution in [0.1, 0.15) is 11.8 Å². The van der Waals surface area contributed by atoms with E-state index in [1.54, 1.807) is 18.0 Å². The van der Waals surface area contributed by atoms with Crippen LogP contribution in [0, 0.1) is 18.3 Å². The van der Waals surface area contributed by atoms with E-state index in [0.29, 0.717) is 11.5 Å². The van der Waals surface area contributed by atoms with E-state index in [-0.39, 0.29) is 5.89 Å². The van der Waals surface area contributed by atoms with Gasteiger partial charge in [-0.3, -0.25) is 0 Å². The molecule has 0 aliphatic rings. The first-order valence-corrected chi connectivity index (χ1v) is 3.72. The minimum absolute atomic E-state index is 0.258. The van der Waals surface area contributed by atoms with Gasteiger partial charge in [-0.05, 0) is 0 Å². The molecule has 0 radical (unpaired) electrons. The van der Waals surface area contributed by atoms with E-state index in [1.165, 1.54) is 0 Å². The van der Waals surface area contributed by atoms with Gasteiger partial charge >= 0.3 is 0 Å². The van der Waals surface area contributed by atoms with Gasteiger partial charge < -0.3 is 9.32 Å². The zero-order valence-electron chi connectivity index (χ0n) is 7.77. The van der Waals surface area contributed by atoms with Gasteiger partial charge in [0.05, 0.1) is 0 Å². The van der Waals surface area contributed by atoms with E-state index in [2.05, 4.69) is 10.2 Å². The minimum Gasteiger partial charge on any atom is -0.420 e. The Morgan fingerprint density at radius 2 is 2.23 bits per heavy atom. The Bertz CT molecular complexity index is 358. The van der Waals surface area contributed by atoms with Crippen molar-refractivity contribution in [3.05, 3.63) is 18.0 Å².